The number of hydrogen-bond donors (Lipinski definition) is 1. The van der Waals surface area contributed by atoms with E-state index in [-0.39, 0.29) is 23.7 Å². The van der Waals surface area contributed by atoms with Crippen molar-refractivity contribution in [1.29, 1.82) is 0 Å². The van der Waals surface area contributed by atoms with Crippen LogP contribution < -0.4 is 5.32 Å². The fourth-order valence-electron chi connectivity index (χ4n) is 2.25. The van der Waals surface area contributed by atoms with E-state index in [9.17, 15) is 9.59 Å². The van der Waals surface area contributed by atoms with Gasteiger partial charge in [-0.25, -0.2) is 14.8 Å². The zero-order chi connectivity index (χ0) is 18.6. The highest BCUT2D eigenvalue weighted by atomic mass is 32.2. The molecule has 1 amide bonds. The number of aromatic nitrogens is 2. The predicted octanol–water partition coefficient (Wildman–Crippen LogP) is 3.49. The van der Waals surface area contributed by atoms with Gasteiger partial charge in [0.2, 0.25) is 5.91 Å². The van der Waals surface area contributed by atoms with Crippen LogP contribution in [0, 0.1) is 13.8 Å². The average molecular weight is 382 g/mol. The summed E-state index contributed by atoms with van der Waals surface area (Å²) >= 11 is 2.68. The molecule has 0 saturated heterocycles. The minimum atomic E-state index is -0.342. The summed E-state index contributed by atoms with van der Waals surface area (Å²) in [6, 6.07) is 0.151. The average Bonchev–Trinajstić information content (AvgIpc) is 2.89. The number of carbonyl (C=O) groups is 2. The van der Waals surface area contributed by atoms with Crippen molar-refractivity contribution in [3.05, 3.63) is 16.3 Å². The highest BCUT2D eigenvalue weighted by Crippen LogP contribution is 2.35. The van der Waals surface area contributed by atoms with E-state index < -0.39 is 0 Å². The van der Waals surface area contributed by atoms with Crippen molar-refractivity contribution < 1.29 is 14.3 Å². The minimum absolute atomic E-state index is 0.0257. The summed E-state index contributed by atoms with van der Waals surface area (Å²) in [5.74, 6) is 0.530. The zero-order valence-electron chi connectivity index (χ0n) is 15.1. The number of hydrogen-bond acceptors (Lipinski definition) is 7. The van der Waals surface area contributed by atoms with Gasteiger partial charge in [-0.05, 0) is 39.7 Å². The molecule has 1 unspecified atom stereocenters. The van der Waals surface area contributed by atoms with Crippen LogP contribution in [0.3, 0.4) is 0 Å². The predicted molar refractivity (Wildman–Crippen MR) is 101 cm³/mol. The lowest BCUT2D eigenvalue weighted by molar-refractivity contribution is -0.119. The van der Waals surface area contributed by atoms with Crippen LogP contribution in [-0.4, -0.2) is 40.2 Å². The molecule has 1 atom stereocenters. The summed E-state index contributed by atoms with van der Waals surface area (Å²) in [7, 11) is 0. The van der Waals surface area contributed by atoms with Gasteiger partial charge in [-0.1, -0.05) is 18.7 Å². The molecule has 0 saturated carbocycles. The zero-order valence-corrected chi connectivity index (χ0v) is 16.8. The van der Waals surface area contributed by atoms with Crippen LogP contribution in [0.4, 0.5) is 0 Å². The lowest BCUT2D eigenvalue weighted by Gasteiger charge is -2.11. The van der Waals surface area contributed by atoms with Gasteiger partial charge in [-0.15, -0.1) is 11.3 Å². The Morgan fingerprint density at radius 2 is 2.00 bits per heavy atom. The summed E-state index contributed by atoms with van der Waals surface area (Å²) in [5.41, 5.74) is 0.809. The van der Waals surface area contributed by atoms with Crippen molar-refractivity contribution in [2.75, 3.05) is 12.4 Å². The number of nitrogens with one attached hydrogen (secondary N) is 1. The Balaban J connectivity index is 2.30. The molecule has 0 fully saturated rings. The molecule has 0 aliphatic carbocycles. The molecule has 0 aromatic carbocycles. The van der Waals surface area contributed by atoms with E-state index in [0.29, 0.717) is 17.3 Å². The number of aryl methyl sites for hydroxylation is 2. The molecule has 0 radical (unpaired) electrons. The standard InChI is InChI=1S/C17H23N3O3S2/c1-6-9(3)18-12(21)8-24-15-13-10(4)14(17(22)23-7-2)25-16(13)20-11(5)19-15/h9H,6-8H2,1-5H3,(H,18,21). The Bertz CT molecular complexity index is 789. The second kappa shape index (κ2) is 8.62. The molecule has 2 aromatic heterocycles. The van der Waals surface area contributed by atoms with Gasteiger partial charge in [-0.2, -0.15) is 0 Å². The number of thioether (sulfide) groups is 1. The number of ether oxygens (including phenoxy) is 1. The molecular formula is C17H23N3O3S2. The molecule has 136 valence electrons. The van der Waals surface area contributed by atoms with Crippen LogP contribution in [0.2, 0.25) is 0 Å². The Morgan fingerprint density at radius 3 is 2.64 bits per heavy atom. The van der Waals surface area contributed by atoms with Crippen LogP contribution >= 0.6 is 23.1 Å². The SMILES string of the molecule is CCOC(=O)c1sc2nc(C)nc(SCC(=O)NC(C)CC)c2c1C. The van der Waals surface area contributed by atoms with Crippen LogP contribution in [0.1, 0.15) is 48.3 Å². The largest absolute Gasteiger partial charge is 0.462 e. The molecule has 25 heavy (non-hydrogen) atoms. The summed E-state index contributed by atoms with van der Waals surface area (Å²) < 4.78 is 5.12. The first-order valence-corrected chi connectivity index (χ1v) is 10.0. The summed E-state index contributed by atoms with van der Waals surface area (Å²) in [6.45, 7) is 9.79. The van der Waals surface area contributed by atoms with Crippen LogP contribution in [0.25, 0.3) is 10.2 Å². The van der Waals surface area contributed by atoms with Crippen molar-refractivity contribution in [3.63, 3.8) is 0 Å². The highest BCUT2D eigenvalue weighted by molar-refractivity contribution is 8.00. The topological polar surface area (TPSA) is 81.2 Å². The van der Waals surface area contributed by atoms with Gasteiger partial charge in [0.25, 0.3) is 0 Å². The Morgan fingerprint density at radius 1 is 1.28 bits per heavy atom. The van der Waals surface area contributed by atoms with Crippen LogP contribution in [0.5, 0.6) is 0 Å². The van der Waals surface area contributed by atoms with E-state index >= 15 is 0 Å². The maximum absolute atomic E-state index is 12.1. The van der Waals surface area contributed by atoms with Crippen molar-refractivity contribution >= 4 is 45.2 Å². The molecule has 2 heterocycles. The van der Waals surface area contributed by atoms with Crippen molar-refractivity contribution in [1.82, 2.24) is 15.3 Å². The molecular weight excluding hydrogens is 358 g/mol. The number of thiophene rings is 1. The normalized spacial score (nSPS) is 12.2. The molecule has 1 N–H and O–H groups in total. The first-order valence-electron chi connectivity index (χ1n) is 8.24. The van der Waals surface area contributed by atoms with Gasteiger partial charge in [0.15, 0.2) is 0 Å². The van der Waals surface area contributed by atoms with E-state index in [1.165, 1.54) is 23.1 Å². The van der Waals surface area contributed by atoms with Crippen LogP contribution in [0.15, 0.2) is 5.03 Å². The third kappa shape index (κ3) is 4.70. The second-order valence-corrected chi connectivity index (χ2v) is 7.66. The number of rotatable bonds is 7. The molecule has 6 nitrogen and oxygen atoms in total. The smallest absolute Gasteiger partial charge is 0.348 e. The van der Waals surface area contributed by atoms with Gasteiger partial charge in [0.1, 0.15) is 20.6 Å². The lowest BCUT2D eigenvalue weighted by Crippen LogP contribution is -2.33. The molecule has 0 aliphatic heterocycles. The van der Waals surface area contributed by atoms with Crippen molar-refractivity contribution in [2.45, 2.75) is 52.1 Å². The monoisotopic (exact) mass is 381 g/mol. The number of nitrogens with zero attached hydrogens (tertiary/aromatic N) is 2. The van der Waals surface area contributed by atoms with Gasteiger partial charge < -0.3 is 10.1 Å². The van der Waals surface area contributed by atoms with E-state index in [4.69, 9.17) is 4.74 Å². The number of amides is 1. The molecule has 0 bridgehead atoms. The van der Waals surface area contributed by atoms with E-state index in [2.05, 4.69) is 15.3 Å². The first kappa shape index (κ1) is 19.7. The van der Waals surface area contributed by atoms with Crippen LogP contribution in [-0.2, 0) is 9.53 Å². The first-order chi connectivity index (χ1) is 11.9. The maximum atomic E-state index is 12.1. The number of fused-ring (bicyclic) bond motifs is 1. The second-order valence-electron chi connectivity index (χ2n) is 5.70. The van der Waals surface area contributed by atoms with Gasteiger partial charge >= 0.3 is 5.97 Å². The van der Waals surface area contributed by atoms with Gasteiger partial charge in [-0.3, -0.25) is 4.79 Å². The number of esters is 1. The Labute approximate surface area is 155 Å². The van der Waals surface area contributed by atoms with Crippen molar-refractivity contribution in [3.8, 4) is 0 Å². The van der Waals surface area contributed by atoms with E-state index in [1.54, 1.807) is 6.92 Å². The van der Waals surface area contributed by atoms with Crippen molar-refractivity contribution in [2.24, 2.45) is 0 Å². The summed E-state index contributed by atoms with van der Waals surface area (Å²) in [5, 5.41) is 4.50. The lowest BCUT2D eigenvalue weighted by atomic mass is 10.2. The molecule has 8 heteroatoms. The van der Waals surface area contributed by atoms with Gasteiger partial charge in [0.05, 0.1) is 12.4 Å². The molecule has 0 spiro atoms. The molecule has 0 aliphatic rings. The minimum Gasteiger partial charge on any atom is -0.462 e. The third-order valence-electron chi connectivity index (χ3n) is 3.69. The third-order valence-corrected chi connectivity index (χ3v) is 5.83. The Kier molecular flexibility index (Phi) is 6.78. The number of carbonyl (C=O) groups excluding carboxylic acids is 2. The fourth-order valence-corrected chi connectivity index (χ4v) is 4.38. The maximum Gasteiger partial charge on any atom is 0.348 e. The quantitative estimate of drug-likeness (QED) is 0.449. The fraction of sp³-hybridized carbons (Fsp3) is 0.529. The van der Waals surface area contributed by atoms with E-state index in [0.717, 1.165) is 27.2 Å². The molecule has 2 aromatic rings. The molecule has 2 rings (SSSR count). The highest BCUT2D eigenvalue weighted by Gasteiger charge is 2.21. The van der Waals surface area contributed by atoms with E-state index in [1.807, 2.05) is 27.7 Å². The van der Waals surface area contributed by atoms with Gasteiger partial charge in [0, 0.05) is 11.4 Å². The Hall–Kier alpha value is -1.67. The summed E-state index contributed by atoms with van der Waals surface area (Å²) in [4.78, 5) is 34.4. The summed E-state index contributed by atoms with van der Waals surface area (Å²) in [6.07, 6.45) is 0.889.